The minimum absolute atomic E-state index is 0.210. The van der Waals surface area contributed by atoms with E-state index in [1.54, 1.807) is 30.6 Å². The Kier molecular flexibility index (Phi) is 2.59. The van der Waals surface area contributed by atoms with Crippen LogP contribution in [0.1, 0.15) is 15.9 Å². The van der Waals surface area contributed by atoms with Crippen molar-refractivity contribution in [1.29, 1.82) is 0 Å². The van der Waals surface area contributed by atoms with E-state index in [-0.39, 0.29) is 5.91 Å². The molecule has 0 fully saturated rings. The molecule has 2 aromatic rings. The van der Waals surface area contributed by atoms with E-state index < -0.39 is 0 Å². The number of aryl methyl sites for hydroxylation is 1. The number of nitrogens with two attached hydrogens (primary N) is 1. The van der Waals surface area contributed by atoms with Gasteiger partial charge in [0.2, 0.25) is 5.95 Å². The highest BCUT2D eigenvalue weighted by Gasteiger charge is 2.07. The summed E-state index contributed by atoms with van der Waals surface area (Å²) in [5.74, 6) is 0.220. The van der Waals surface area contributed by atoms with Crippen molar-refractivity contribution >= 4 is 17.5 Å². The highest BCUT2D eigenvalue weighted by Crippen LogP contribution is 2.13. The van der Waals surface area contributed by atoms with Crippen molar-refractivity contribution in [3.8, 4) is 0 Å². The van der Waals surface area contributed by atoms with Crippen LogP contribution in [0.2, 0.25) is 0 Å². The van der Waals surface area contributed by atoms with Gasteiger partial charge in [-0.3, -0.25) is 10.1 Å². The Balaban J connectivity index is 2.18. The van der Waals surface area contributed by atoms with E-state index in [2.05, 4.69) is 15.3 Å². The fourth-order valence-electron chi connectivity index (χ4n) is 1.33. The Morgan fingerprint density at radius 2 is 2.31 bits per heavy atom. The van der Waals surface area contributed by atoms with Gasteiger partial charge in [0.15, 0.2) is 0 Å². The van der Waals surface area contributed by atoms with Gasteiger partial charge >= 0.3 is 0 Å². The average molecular weight is 216 g/mol. The second-order valence-electron chi connectivity index (χ2n) is 3.46. The average Bonchev–Trinajstić information content (AvgIpc) is 2.74. The van der Waals surface area contributed by atoms with E-state index in [1.807, 2.05) is 6.92 Å². The minimum Gasteiger partial charge on any atom is -0.399 e. The maximum absolute atomic E-state index is 11.8. The van der Waals surface area contributed by atoms with E-state index in [4.69, 9.17) is 5.73 Å². The van der Waals surface area contributed by atoms with Crippen LogP contribution in [0.25, 0.3) is 0 Å². The molecule has 0 aliphatic heterocycles. The molecule has 0 bridgehead atoms. The first-order valence-electron chi connectivity index (χ1n) is 4.83. The van der Waals surface area contributed by atoms with Crippen LogP contribution in [0.3, 0.4) is 0 Å². The molecule has 1 heterocycles. The van der Waals surface area contributed by atoms with E-state index in [1.165, 1.54) is 0 Å². The predicted molar refractivity (Wildman–Crippen MR) is 62.1 cm³/mol. The second-order valence-corrected chi connectivity index (χ2v) is 3.46. The molecule has 0 aliphatic rings. The Morgan fingerprint density at radius 1 is 1.50 bits per heavy atom. The molecule has 4 N–H and O–H groups in total. The van der Waals surface area contributed by atoms with Crippen LogP contribution in [0.4, 0.5) is 11.6 Å². The lowest BCUT2D eigenvalue weighted by molar-refractivity contribution is 0.102. The smallest absolute Gasteiger partial charge is 0.257 e. The van der Waals surface area contributed by atoms with Crippen molar-refractivity contribution in [3.05, 3.63) is 41.7 Å². The first-order valence-corrected chi connectivity index (χ1v) is 4.83. The molecule has 0 aliphatic carbocycles. The lowest BCUT2D eigenvalue weighted by Crippen LogP contribution is -2.13. The number of rotatable bonds is 2. The molecule has 0 unspecified atom stereocenters. The molecule has 0 radical (unpaired) electrons. The van der Waals surface area contributed by atoms with Crippen molar-refractivity contribution in [2.45, 2.75) is 6.92 Å². The molecule has 5 nitrogen and oxygen atoms in total. The van der Waals surface area contributed by atoms with Gasteiger partial charge in [0, 0.05) is 23.6 Å². The zero-order valence-corrected chi connectivity index (χ0v) is 8.82. The van der Waals surface area contributed by atoms with Gasteiger partial charge in [-0.05, 0) is 30.7 Å². The van der Waals surface area contributed by atoms with E-state index >= 15 is 0 Å². The van der Waals surface area contributed by atoms with Crippen molar-refractivity contribution < 1.29 is 4.79 Å². The summed E-state index contributed by atoms with van der Waals surface area (Å²) in [6.45, 7) is 1.86. The summed E-state index contributed by atoms with van der Waals surface area (Å²) in [6.07, 6.45) is 3.22. The summed E-state index contributed by atoms with van der Waals surface area (Å²) < 4.78 is 0. The number of nitrogen functional groups attached to an aromatic ring is 1. The lowest BCUT2D eigenvalue weighted by Gasteiger charge is -2.04. The number of hydrogen-bond donors (Lipinski definition) is 3. The standard InChI is InChI=1S/C11H12N4O/c1-7-6-8(2-3-9(7)12)10(16)15-11-13-4-5-14-11/h2-6H,12H2,1H3,(H2,13,14,15,16). The molecule has 0 saturated carbocycles. The zero-order chi connectivity index (χ0) is 11.5. The number of carbonyl (C=O) groups is 1. The number of aromatic nitrogens is 2. The molecule has 1 aromatic carbocycles. The fourth-order valence-corrected chi connectivity index (χ4v) is 1.33. The number of nitrogens with one attached hydrogen (secondary N) is 2. The highest BCUT2D eigenvalue weighted by atomic mass is 16.1. The number of H-pyrrole nitrogens is 1. The third-order valence-electron chi connectivity index (χ3n) is 2.26. The van der Waals surface area contributed by atoms with Crippen LogP contribution in [0.5, 0.6) is 0 Å². The lowest BCUT2D eigenvalue weighted by atomic mass is 10.1. The highest BCUT2D eigenvalue weighted by molar-refractivity contribution is 6.03. The predicted octanol–water partition coefficient (Wildman–Crippen LogP) is 1.55. The number of anilines is 2. The monoisotopic (exact) mass is 216 g/mol. The molecule has 16 heavy (non-hydrogen) atoms. The first-order chi connectivity index (χ1) is 7.66. The van der Waals surface area contributed by atoms with Crippen molar-refractivity contribution in [2.24, 2.45) is 0 Å². The Hall–Kier alpha value is -2.30. The van der Waals surface area contributed by atoms with Gasteiger partial charge in [0.25, 0.3) is 5.91 Å². The van der Waals surface area contributed by atoms with E-state index in [0.717, 1.165) is 5.56 Å². The molecule has 1 aromatic heterocycles. The number of hydrogen-bond acceptors (Lipinski definition) is 3. The minimum atomic E-state index is -0.210. The number of amides is 1. The summed E-state index contributed by atoms with van der Waals surface area (Å²) in [4.78, 5) is 18.5. The third-order valence-corrected chi connectivity index (χ3v) is 2.26. The van der Waals surface area contributed by atoms with Gasteiger partial charge in [-0.25, -0.2) is 4.98 Å². The molecule has 5 heteroatoms. The number of imidazole rings is 1. The number of benzene rings is 1. The summed E-state index contributed by atoms with van der Waals surface area (Å²) in [7, 11) is 0. The van der Waals surface area contributed by atoms with Gasteiger partial charge in [0.05, 0.1) is 0 Å². The topological polar surface area (TPSA) is 83.8 Å². The second kappa shape index (κ2) is 4.06. The molecule has 2 rings (SSSR count). The quantitative estimate of drug-likeness (QED) is 0.666. The Labute approximate surface area is 92.7 Å². The van der Waals surface area contributed by atoms with Crippen molar-refractivity contribution in [1.82, 2.24) is 9.97 Å². The maximum Gasteiger partial charge on any atom is 0.257 e. The third kappa shape index (κ3) is 2.03. The van der Waals surface area contributed by atoms with Gasteiger partial charge < -0.3 is 10.7 Å². The first kappa shape index (κ1) is 10.2. The Bertz CT molecular complexity index is 505. The van der Waals surface area contributed by atoms with Crippen LogP contribution in [0.15, 0.2) is 30.6 Å². The molecule has 1 amide bonds. The zero-order valence-electron chi connectivity index (χ0n) is 8.82. The van der Waals surface area contributed by atoms with Gasteiger partial charge in [-0.2, -0.15) is 0 Å². The molecule has 0 saturated heterocycles. The van der Waals surface area contributed by atoms with Crippen LogP contribution < -0.4 is 11.1 Å². The maximum atomic E-state index is 11.8. The van der Waals surface area contributed by atoms with Crippen LogP contribution >= 0.6 is 0 Å². The largest absolute Gasteiger partial charge is 0.399 e. The summed E-state index contributed by atoms with van der Waals surface area (Å²) in [6, 6.07) is 5.14. The van der Waals surface area contributed by atoms with Crippen LogP contribution in [-0.4, -0.2) is 15.9 Å². The number of carbonyl (C=O) groups excluding carboxylic acids is 1. The van der Waals surface area contributed by atoms with Crippen LogP contribution in [-0.2, 0) is 0 Å². The molecular weight excluding hydrogens is 204 g/mol. The van der Waals surface area contributed by atoms with Gasteiger partial charge in [0.1, 0.15) is 0 Å². The fraction of sp³-hybridized carbons (Fsp3) is 0.0909. The molecular formula is C11H12N4O. The van der Waals surface area contributed by atoms with E-state index in [9.17, 15) is 4.79 Å². The number of aromatic amines is 1. The summed E-state index contributed by atoms with van der Waals surface area (Å²) >= 11 is 0. The summed E-state index contributed by atoms with van der Waals surface area (Å²) in [5.41, 5.74) is 7.79. The van der Waals surface area contributed by atoms with Crippen LogP contribution in [0, 0.1) is 6.92 Å². The molecule has 0 spiro atoms. The molecule has 0 atom stereocenters. The molecule has 82 valence electrons. The summed E-state index contributed by atoms with van der Waals surface area (Å²) in [5, 5.41) is 2.64. The van der Waals surface area contributed by atoms with Crippen molar-refractivity contribution in [3.63, 3.8) is 0 Å². The SMILES string of the molecule is Cc1cc(C(=O)Nc2ncc[nH]2)ccc1N. The van der Waals surface area contributed by atoms with E-state index in [0.29, 0.717) is 17.2 Å². The van der Waals surface area contributed by atoms with Gasteiger partial charge in [-0.15, -0.1) is 0 Å². The Morgan fingerprint density at radius 3 is 2.94 bits per heavy atom. The normalized spacial score (nSPS) is 10.1. The number of nitrogens with zero attached hydrogens (tertiary/aromatic N) is 1. The van der Waals surface area contributed by atoms with Crippen molar-refractivity contribution in [2.75, 3.05) is 11.1 Å². The van der Waals surface area contributed by atoms with Gasteiger partial charge in [-0.1, -0.05) is 0 Å².